The number of hydrogen-bond acceptors (Lipinski definition) is 2. The minimum absolute atomic E-state index is 1.04. The summed E-state index contributed by atoms with van der Waals surface area (Å²) in [6.45, 7) is 8.62. The quantitative estimate of drug-likeness (QED) is 0.392. The molecule has 0 aromatic heterocycles. The minimum atomic E-state index is 1.04. The van der Waals surface area contributed by atoms with Gasteiger partial charge in [0.2, 0.25) is 0 Å². The summed E-state index contributed by atoms with van der Waals surface area (Å²) in [4.78, 5) is 9.97. The molecule has 0 amide bonds. The molecule has 3 aromatic carbocycles. The van der Waals surface area contributed by atoms with Crippen molar-refractivity contribution in [1.29, 1.82) is 0 Å². The molecule has 0 radical (unpaired) electrons. The zero-order valence-corrected chi connectivity index (χ0v) is 20.1. The van der Waals surface area contributed by atoms with Crippen LogP contribution in [0.2, 0.25) is 0 Å². The van der Waals surface area contributed by atoms with Gasteiger partial charge in [0.1, 0.15) is 0 Å². The molecule has 2 heteroatoms. The lowest BCUT2D eigenvalue weighted by molar-refractivity contribution is 1.33. The third-order valence-corrected chi connectivity index (χ3v) is 6.71. The number of rotatable bonds is 4. The Bertz CT molecular complexity index is 1310. The number of hydrogen-bond donors (Lipinski definition) is 0. The minimum Gasteiger partial charge on any atom is -0.248 e. The van der Waals surface area contributed by atoms with Crippen LogP contribution in [0.25, 0.3) is 12.2 Å². The molecular weight excluding hydrogens is 412 g/mol. The Labute approximate surface area is 202 Å². The van der Waals surface area contributed by atoms with Crippen LogP contribution in [-0.4, -0.2) is 11.4 Å². The first-order valence-corrected chi connectivity index (χ1v) is 11.7. The molecule has 0 atom stereocenters. The fourth-order valence-electron chi connectivity index (χ4n) is 4.36. The molecular formula is C32H28N2. The van der Waals surface area contributed by atoms with Crippen LogP contribution in [0.15, 0.2) is 129 Å². The maximum Gasteiger partial charge on any atom is 0.0741 e. The maximum absolute atomic E-state index is 4.98. The molecule has 0 aliphatic carbocycles. The van der Waals surface area contributed by atoms with Gasteiger partial charge >= 0.3 is 0 Å². The van der Waals surface area contributed by atoms with Gasteiger partial charge in [0.25, 0.3) is 0 Å². The normalized spacial score (nSPS) is 18.2. The molecule has 34 heavy (non-hydrogen) atoms. The first kappa shape index (κ1) is 21.8. The average molecular weight is 441 g/mol. The third kappa shape index (κ3) is 4.15. The van der Waals surface area contributed by atoms with E-state index in [4.69, 9.17) is 9.98 Å². The van der Waals surface area contributed by atoms with Gasteiger partial charge in [-0.05, 0) is 73.3 Å². The Hall–Kier alpha value is -4.04. The van der Waals surface area contributed by atoms with Crippen LogP contribution in [0.3, 0.4) is 0 Å². The van der Waals surface area contributed by atoms with Crippen LogP contribution >= 0.6 is 0 Å². The molecule has 2 aliphatic rings. The van der Waals surface area contributed by atoms with Crippen LogP contribution in [0.4, 0.5) is 0 Å². The third-order valence-electron chi connectivity index (χ3n) is 6.71. The van der Waals surface area contributed by atoms with E-state index in [-0.39, 0.29) is 0 Å². The van der Waals surface area contributed by atoms with Gasteiger partial charge in [0.15, 0.2) is 0 Å². The van der Waals surface area contributed by atoms with Gasteiger partial charge in [0, 0.05) is 11.1 Å². The smallest absolute Gasteiger partial charge is 0.0741 e. The Balaban J connectivity index is 1.44. The molecule has 2 heterocycles. The summed E-state index contributed by atoms with van der Waals surface area (Å²) in [5.74, 6) is 0. The van der Waals surface area contributed by atoms with E-state index in [1.54, 1.807) is 0 Å². The lowest BCUT2D eigenvalue weighted by atomic mass is 9.97. The summed E-state index contributed by atoms with van der Waals surface area (Å²) >= 11 is 0. The van der Waals surface area contributed by atoms with Crippen molar-refractivity contribution in [3.05, 3.63) is 141 Å². The molecule has 2 nitrogen and oxygen atoms in total. The first-order valence-electron chi connectivity index (χ1n) is 11.7. The molecule has 0 unspecified atom stereocenters. The molecule has 0 saturated carbocycles. The largest absolute Gasteiger partial charge is 0.248 e. The second kappa shape index (κ2) is 9.07. The second-order valence-corrected chi connectivity index (χ2v) is 8.88. The molecule has 5 rings (SSSR count). The van der Waals surface area contributed by atoms with Crippen molar-refractivity contribution in [2.75, 3.05) is 0 Å². The molecule has 2 aliphatic heterocycles. The highest BCUT2D eigenvalue weighted by molar-refractivity contribution is 6.18. The fraction of sp³-hybridized carbons (Fsp3) is 0.125. The fourth-order valence-corrected chi connectivity index (χ4v) is 4.36. The second-order valence-electron chi connectivity index (χ2n) is 8.88. The van der Waals surface area contributed by atoms with E-state index in [0.717, 1.165) is 33.9 Å². The van der Waals surface area contributed by atoms with Gasteiger partial charge in [-0.25, -0.2) is 9.98 Å². The SMILES string of the molecule is CC1=C(C)/C(=C\c2ccccc2)N=C1c1ccc(C2=N/C(=C/c3ccccc3)C(C)=C2C)cc1. The summed E-state index contributed by atoms with van der Waals surface area (Å²) in [5, 5.41) is 0. The summed E-state index contributed by atoms with van der Waals surface area (Å²) in [6.07, 6.45) is 4.32. The van der Waals surface area contributed by atoms with Gasteiger partial charge in [-0.3, -0.25) is 0 Å². The highest BCUT2D eigenvalue weighted by Gasteiger charge is 2.21. The average Bonchev–Trinajstić information content (AvgIpc) is 3.31. The number of benzene rings is 3. The van der Waals surface area contributed by atoms with E-state index < -0.39 is 0 Å². The number of nitrogens with zero attached hydrogens (tertiary/aromatic N) is 2. The van der Waals surface area contributed by atoms with Crippen molar-refractivity contribution in [2.24, 2.45) is 9.98 Å². The van der Waals surface area contributed by atoms with Gasteiger partial charge in [0.05, 0.1) is 22.8 Å². The number of aliphatic imine (C=N–C) groups is 2. The molecule has 0 N–H and O–H groups in total. The van der Waals surface area contributed by atoms with Crippen LogP contribution in [0.5, 0.6) is 0 Å². The highest BCUT2D eigenvalue weighted by atomic mass is 14.8. The van der Waals surface area contributed by atoms with E-state index >= 15 is 0 Å². The van der Waals surface area contributed by atoms with Gasteiger partial charge in [-0.1, -0.05) is 84.9 Å². The van der Waals surface area contributed by atoms with Crippen LogP contribution in [0, 0.1) is 0 Å². The molecule has 0 saturated heterocycles. The van der Waals surface area contributed by atoms with Crippen LogP contribution in [-0.2, 0) is 0 Å². The van der Waals surface area contributed by atoms with Crippen molar-refractivity contribution in [2.45, 2.75) is 27.7 Å². The van der Waals surface area contributed by atoms with Crippen molar-refractivity contribution < 1.29 is 0 Å². The summed E-state index contributed by atoms with van der Waals surface area (Å²) < 4.78 is 0. The zero-order chi connectivity index (χ0) is 23.7. The van der Waals surface area contributed by atoms with Crippen molar-refractivity contribution in [3.8, 4) is 0 Å². The monoisotopic (exact) mass is 440 g/mol. The Morgan fingerprint density at radius 2 is 0.794 bits per heavy atom. The standard InChI is InChI=1S/C32H28N2/c1-21-23(3)31(33-29(21)19-25-11-7-5-8-12-25)27-15-17-28(18-16-27)32-24(4)22(2)30(34-32)20-26-13-9-6-10-14-26/h5-20H,1-4H3/b29-19+,30-20+. The lowest BCUT2D eigenvalue weighted by Gasteiger charge is -2.06. The molecule has 3 aromatic rings. The first-order chi connectivity index (χ1) is 16.5. The van der Waals surface area contributed by atoms with Crippen LogP contribution in [0.1, 0.15) is 49.9 Å². The Kier molecular flexibility index (Phi) is 5.81. The lowest BCUT2D eigenvalue weighted by Crippen LogP contribution is -2.03. The van der Waals surface area contributed by atoms with Crippen molar-refractivity contribution in [1.82, 2.24) is 0 Å². The van der Waals surface area contributed by atoms with Gasteiger partial charge in [-0.15, -0.1) is 0 Å². The highest BCUT2D eigenvalue weighted by Crippen LogP contribution is 2.32. The molecule has 0 fully saturated rings. The topological polar surface area (TPSA) is 24.7 Å². The summed E-state index contributed by atoms with van der Waals surface area (Å²) in [6, 6.07) is 29.4. The van der Waals surface area contributed by atoms with Crippen molar-refractivity contribution >= 4 is 23.6 Å². The van der Waals surface area contributed by atoms with E-state index in [0.29, 0.717) is 0 Å². The molecule has 166 valence electrons. The molecule has 0 bridgehead atoms. The summed E-state index contributed by atoms with van der Waals surface area (Å²) in [7, 11) is 0. The van der Waals surface area contributed by atoms with Crippen LogP contribution < -0.4 is 0 Å². The van der Waals surface area contributed by atoms with E-state index in [9.17, 15) is 0 Å². The summed E-state index contributed by atoms with van der Waals surface area (Å²) in [5.41, 5.74) is 13.7. The van der Waals surface area contributed by atoms with Crippen molar-refractivity contribution in [3.63, 3.8) is 0 Å². The van der Waals surface area contributed by atoms with E-state index in [2.05, 4.69) is 113 Å². The van der Waals surface area contributed by atoms with E-state index in [1.165, 1.54) is 33.4 Å². The predicted octanol–water partition coefficient (Wildman–Crippen LogP) is 8.05. The predicted molar refractivity (Wildman–Crippen MR) is 145 cm³/mol. The zero-order valence-electron chi connectivity index (χ0n) is 20.1. The Morgan fingerprint density at radius 3 is 1.15 bits per heavy atom. The Morgan fingerprint density at radius 1 is 0.441 bits per heavy atom. The number of allylic oxidation sites excluding steroid dienone is 4. The molecule has 0 spiro atoms. The maximum atomic E-state index is 4.98. The van der Waals surface area contributed by atoms with E-state index in [1.807, 2.05) is 12.1 Å². The van der Waals surface area contributed by atoms with Gasteiger partial charge in [-0.2, -0.15) is 0 Å². The van der Waals surface area contributed by atoms with Gasteiger partial charge < -0.3 is 0 Å².